The summed E-state index contributed by atoms with van der Waals surface area (Å²) in [5, 5.41) is 11.7. The van der Waals surface area contributed by atoms with Gasteiger partial charge in [0.25, 0.3) is 5.91 Å². The van der Waals surface area contributed by atoms with E-state index in [0.29, 0.717) is 24.5 Å². The van der Waals surface area contributed by atoms with Crippen molar-refractivity contribution in [2.24, 2.45) is 0 Å². The number of aryl methyl sites for hydroxylation is 2. The minimum atomic E-state index is -0.807. The molecule has 0 aliphatic heterocycles. The molecule has 1 N–H and O–H groups in total. The Bertz CT molecular complexity index is 953. The molecule has 0 fully saturated rings. The third kappa shape index (κ3) is 5.07. The lowest BCUT2D eigenvalue weighted by molar-refractivity contribution is 0.0945. The highest BCUT2D eigenvalue weighted by molar-refractivity contribution is 6.31. The zero-order chi connectivity index (χ0) is 20.1. The Labute approximate surface area is 164 Å². The van der Waals surface area contributed by atoms with Crippen molar-refractivity contribution >= 4 is 17.5 Å². The van der Waals surface area contributed by atoms with E-state index >= 15 is 0 Å². The smallest absolute Gasteiger partial charge is 0.271 e. The number of amides is 1. The standard InChI is InChI=1S/C18H18ClF2N5O2/c1-12-14(19)10-25(23-12)7-2-6-22-18(27)16-5-8-26(24-16)11-28-17-4-3-13(20)9-15(17)21/h3-5,8-10H,2,6-7,11H2,1H3,(H,22,27). The molecular weight excluding hydrogens is 392 g/mol. The first kappa shape index (κ1) is 19.8. The normalized spacial score (nSPS) is 10.9. The van der Waals surface area contributed by atoms with Gasteiger partial charge in [-0.3, -0.25) is 9.48 Å². The highest BCUT2D eigenvalue weighted by atomic mass is 35.5. The number of halogens is 3. The largest absolute Gasteiger partial charge is 0.468 e. The lowest BCUT2D eigenvalue weighted by Gasteiger charge is -2.07. The third-order valence-electron chi connectivity index (χ3n) is 3.86. The summed E-state index contributed by atoms with van der Waals surface area (Å²) in [4.78, 5) is 12.1. The SMILES string of the molecule is Cc1nn(CCCNC(=O)c2ccn(COc3ccc(F)cc3F)n2)cc1Cl. The van der Waals surface area contributed by atoms with Crippen LogP contribution in [0.25, 0.3) is 0 Å². The van der Waals surface area contributed by atoms with Crippen LogP contribution < -0.4 is 10.1 Å². The number of ether oxygens (including phenoxy) is 1. The lowest BCUT2D eigenvalue weighted by Crippen LogP contribution is -2.26. The van der Waals surface area contributed by atoms with Crippen molar-refractivity contribution in [3.8, 4) is 5.75 Å². The van der Waals surface area contributed by atoms with Crippen molar-refractivity contribution in [1.29, 1.82) is 0 Å². The summed E-state index contributed by atoms with van der Waals surface area (Å²) >= 11 is 5.94. The highest BCUT2D eigenvalue weighted by Gasteiger charge is 2.10. The highest BCUT2D eigenvalue weighted by Crippen LogP contribution is 2.18. The summed E-state index contributed by atoms with van der Waals surface area (Å²) in [7, 11) is 0. The number of rotatable bonds is 8. The van der Waals surface area contributed by atoms with E-state index in [1.54, 1.807) is 10.9 Å². The molecule has 0 aliphatic rings. The Morgan fingerprint density at radius 2 is 2.07 bits per heavy atom. The minimum Gasteiger partial charge on any atom is -0.468 e. The topological polar surface area (TPSA) is 74.0 Å². The van der Waals surface area contributed by atoms with Crippen LogP contribution in [-0.2, 0) is 13.3 Å². The van der Waals surface area contributed by atoms with Crippen LogP contribution in [0.5, 0.6) is 5.75 Å². The van der Waals surface area contributed by atoms with E-state index in [0.717, 1.165) is 17.8 Å². The summed E-state index contributed by atoms with van der Waals surface area (Å²) in [6.45, 7) is 2.78. The fourth-order valence-corrected chi connectivity index (χ4v) is 2.57. The van der Waals surface area contributed by atoms with Crippen molar-refractivity contribution in [3.05, 3.63) is 64.7 Å². The first-order chi connectivity index (χ1) is 13.4. The van der Waals surface area contributed by atoms with Crippen molar-refractivity contribution in [2.45, 2.75) is 26.6 Å². The van der Waals surface area contributed by atoms with Gasteiger partial charge in [0.05, 0.1) is 10.7 Å². The van der Waals surface area contributed by atoms with E-state index in [1.807, 2.05) is 6.92 Å². The van der Waals surface area contributed by atoms with E-state index in [4.69, 9.17) is 16.3 Å². The number of carbonyl (C=O) groups is 1. The Hall–Kier alpha value is -2.94. The maximum atomic E-state index is 13.5. The van der Waals surface area contributed by atoms with E-state index in [9.17, 15) is 13.6 Å². The molecule has 2 heterocycles. The molecule has 3 aromatic rings. The van der Waals surface area contributed by atoms with Gasteiger partial charge in [0.15, 0.2) is 18.3 Å². The summed E-state index contributed by atoms with van der Waals surface area (Å²) in [5.41, 5.74) is 0.972. The second-order valence-electron chi connectivity index (χ2n) is 6.02. The molecule has 0 unspecified atom stereocenters. The second-order valence-corrected chi connectivity index (χ2v) is 6.43. The minimum absolute atomic E-state index is 0.100. The maximum Gasteiger partial charge on any atom is 0.271 e. The zero-order valence-electron chi connectivity index (χ0n) is 15.0. The predicted octanol–water partition coefficient (Wildman–Crippen LogP) is 3.18. The summed E-state index contributed by atoms with van der Waals surface area (Å²) in [6.07, 6.45) is 3.95. The molecule has 148 valence electrons. The average Bonchev–Trinajstić information content (AvgIpc) is 3.25. The fraction of sp³-hybridized carbons (Fsp3) is 0.278. The monoisotopic (exact) mass is 409 g/mol. The van der Waals surface area contributed by atoms with Crippen LogP contribution in [0.2, 0.25) is 5.02 Å². The van der Waals surface area contributed by atoms with Crippen LogP contribution in [0.1, 0.15) is 22.6 Å². The van der Waals surface area contributed by atoms with E-state index in [-0.39, 0.29) is 24.1 Å². The average molecular weight is 410 g/mol. The van der Waals surface area contributed by atoms with Crippen LogP contribution in [0.15, 0.2) is 36.7 Å². The summed E-state index contributed by atoms with van der Waals surface area (Å²) in [5.74, 6) is -1.93. The number of aromatic nitrogens is 4. The van der Waals surface area contributed by atoms with Gasteiger partial charge in [0.1, 0.15) is 11.5 Å². The van der Waals surface area contributed by atoms with Gasteiger partial charge >= 0.3 is 0 Å². The van der Waals surface area contributed by atoms with Gasteiger partial charge in [-0.1, -0.05) is 11.6 Å². The number of benzene rings is 1. The second kappa shape index (κ2) is 8.83. The number of hydrogen-bond acceptors (Lipinski definition) is 4. The molecule has 0 bridgehead atoms. The molecule has 3 rings (SSSR count). The van der Waals surface area contributed by atoms with E-state index in [1.165, 1.54) is 23.0 Å². The number of nitrogens with one attached hydrogen (secondary N) is 1. The van der Waals surface area contributed by atoms with Crippen molar-refractivity contribution in [3.63, 3.8) is 0 Å². The quantitative estimate of drug-likeness (QED) is 0.580. The molecule has 0 atom stereocenters. The lowest BCUT2D eigenvalue weighted by atomic mass is 10.3. The Balaban J connectivity index is 1.44. The molecule has 0 saturated heterocycles. The first-order valence-electron chi connectivity index (χ1n) is 8.51. The van der Waals surface area contributed by atoms with Crippen molar-refractivity contribution < 1.29 is 18.3 Å². The molecule has 0 spiro atoms. The molecule has 28 heavy (non-hydrogen) atoms. The van der Waals surface area contributed by atoms with Crippen LogP contribution in [-0.4, -0.2) is 32.0 Å². The van der Waals surface area contributed by atoms with Gasteiger partial charge in [-0.15, -0.1) is 0 Å². The Kier molecular flexibility index (Phi) is 6.25. The van der Waals surface area contributed by atoms with Crippen LogP contribution >= 0.6 is 11.6 Å². The van der Waals surface area contributed by atoms with E-state index < -0.39 is 11.6 Å². The summed E-state index contributed by atoms with van der Waals surface area (Å²) in [6, 6.07) is 4.54. The fourth-order valence-electron chi connectivity index (χ4n) is 2.42. The molecule has 1 aromatic carbocycles. The van der Waals surface area contributed by atoms with Crippen LogP contribution in [0.4, 0.5) is 8.78 Å². The first-order valence-corrected chi connectivity index (χ1v) is 8.89. The zero-order valence-corrected chi connectivity index (χ0v) is 15.8. The molecular formula is C18H18ClF2N5O2. The number of carbonyl (C=O) groups excluding carboxylic acids is 1. The molecule has 7 nitrogen and oxygen atoms in total. The number of nitrogens with zero attached hydrogens (tertiary/aromatic N) is 4. The van der Waals surface area contributed by atoms with Crippen molar-refractivity contribution in [1.82, 2.24) is 24.9 Å². The number of hydrogen-bond donors (Lipinski definition) is 1. The van der Waals surface area contributed by atoms with Crippen LogP contribution in [0.3, 0.4) is 0 Å². The van der Waals surface area contributed by atoms with Gasteiger partial charge in [0.2, 0.25) is 0 Å². The van der Waals surface area contributed by atoms with Gasteiger partial charge in [0, 0.05) is 31.5 Å². The van der Waals surface area contributed by atoms with Crippen LogP contribution in [0, 0.1) is 18.6 Å². The molecule has 0 aliphatic carbocycles. The van der Waals surface area contributed by atoms with Gasteiger partial charge in [-0.2, -0.15) is 10.2 Å². The summed E-state index contributed by atoms with van der Waals surface area (Å²) < 4.78 is 34.7. The van der Waals surface area contributed by atoms with Gasteiger partial charge in [-0.05, 0) is 31.5 Å². The molecule has 1 amide bonds. The molecule has 0 radical (unpaired) electrons. The van der Waals surface area contributed by atoms with Crippen molar-refractivity contribution in [2.75, 3.05) is 6.54 Å². The van der Waals surface area contributed by atoms with Gasteiger partial charge < -0.3 is 10.1 Å². The maximum absolute atomic E-state index is 13.5. The molecule has 0 saturated carbocycles. The third-order valence-corrected chi connectivity index (χ3v) is 4.23. The van der Waals surface area contributed by atoms with Gasteiger partial charge in [-0.25, -0.2) is 13.5 Å². The Morgan fingerprint density at radius 1 is 1.25 bits per heavy atom. The predicted molar refractivity (Wildman–Crippen MR) is 98.1 cm³/mol. The molecule has 10 heteroatoms. The van der Waals surface area contributed by atoms with E-state index in [2.05, 4.69) is 15.5 Å². The Morgan fingerprint density at radius 3 is 2.79 bits per heavy atom. The molecule has 2 aromatic heterocycles.